The zero-order valence-corrected chi connectivity index (χ0v) is 10.5. The summed E-state index contributed by atoms with van der Waals surface area (Å²) in [6.45, 7) is 1.91. The van der Waals surface area contributed by atoms with Crippen LogP contribution in [0.25, 0.3) is 10.9 Å². The van der Waals surface area contributed by atoms with Crippen molar-refractivity contribution < 1.29 is 9.90 Å². The van der Waals surface area contributed by atoms with Crippen LogP contribution >= 0.6 is 11.6 Å². The van der Waals surface area contributed by atoms with Gasteiger partial charge in [-0.05, 0) is 23.6 Å². The van der Waals surface area contributed by atoms with Crippen molar-refractivity contribution in [3.63, 3.8) is 0 Å². The van der Waals surface area contributed by atoms with Gasteiger partial charge in [-0.2, -0.15) is 0 Å². The number of aromatic nitrogens is 1. The fourth-order valence-electron chi connectivity index (χ4n) is 2.18. The van der Waals surface area contributed by atoms with Crippen LogP contribution in [-0.4, -0.2) is 15.6 Å². The molecule has 1 atom stereocenters. The Kier molecular flexibility index (Phi) is 3.11. The molecule has 0 radical (unpaired) electrons. The van der Waals surface area contributed by atoms with Crippen molar-refractivity contribution in [1.29, 1.82) is 0 Å². The Bertz CT molecular complexity index is 574. The first kappa shape index (κ1) is 12.0. The normalized spacial score (nSPS) is 12.9. The van der Waals surface area contributed by atoms with Crippen molar-refractivity contribution >= 4 is 28.5 Å². The van der Waals surface area contributed by atoms with Crippen LogP contribution < -0.4 is 0 Å². The average molecular weight is 252 g/mol. The molecule has 1 aromatic carbocycles. The number of hydrogen-bond donors (Lipinski definition) is 1. The molecule has 0 saturated carbocycles. The minimum absolute atomic E-state index is 0.0453. The molecular formula is C13H14ClNO2. The maximum atomic E-state index is 10.8. The molecule has 1 unspecified atom stereocenters. The number of halogens is 1. The number of fused-ring (bicyclic) bond motifs is 1. The molecule has 4 heteroatoms. The molecule has 0 aliphatic carbocycles. The van der Waals surface area contributed by atoms with Gasteiger partial charge >= 0.3 is 5.97 Å². The molecule has 0 amide bonds. The van der Waals surface area contributed by atoms with Crippen molar-refractivity contribution in [3.05, 3.63) is 35.0 Å². The summed E-state index contributed by atoms with van der Waals surface area (Å²) in [5.74, 6) is -0.836. The summed E-state index contributed by atoms with van der Waals surface area (Å²) in [6, 6.07) is 5.72. The van der Waals surface area contributed by atoms with E-state index in [1.165, 1.54) is 0 Å². The van der Waals surface area contributed by atoms with Crippen molar-refractivity contribution in [3.8, 4) is 0 Å². The monoisotopic (exact) mass is 251 g/mol. The lowest BCUT2D eigenvalue weighted by Gasteiger charge is -2.07. The predicted octanol–water partition coefficient (Wildman–Crippen LogP) is 3.41. The summed E-state index contributed by atoms with van der Waals surface area (Å²) >= 11 is 6.20. The highest BCUT2D eigenvalue weighted by Gasteiger charge is 2.17. The summed E-state index contributed by atoms with van der Waals surface area (Å²) in [7, 11) is 1.94. The molecule has 0 saturated heterocycles. The predicted molar refractivity (Wildman–Crippen MR) is 68.6 cm³/mol. The van der Waals surface area contributed by atoms with Gasteiger partial charge in [0.2, 0.25) is 0 Å². The zero-order chi connectivity index (χ0) is 12.6. The quantitative estimate of drug-likeness (QED) is 0.908. The molecule has 0 spiro atoms. The van der Waals surface area contributed by atoms with E-state index in [1.54, 1.807) is 0 Å². The van der Waals surface area contributed by atoms with E-state index in [0.717, 1.165) is 16.5 Å². The van der Waals surface area contributed by atoms with Crippen molar-refractivity contribution in [1.82, 2.24) is 4.57 Å². The van der Waals surface area contributed by atoms with E-state index >= 15 is 0 Å². The Labute approximate surface area is 105 Å². The van der Waals surface area contributed by atoms with Crippen molar-refractivity contribution in [2.45, 2.75) is 19.3 Å². The lowest BCUT2D eigenvalue weighted by atomic mass is 9.97. The highest BCUT2D eigenvalue weighted by atomic mass is 35.5. The number of carbonyl (C=O) groups is 1. The van der Waals surface area contributed by atoms with Gasteiger partial charge < -0.3 is 9.67 Å². The molecule has 17 heavy (non-hydrogen) atoms. The van der Waals surface area contributed by atoms with Crippen LogP contribution in [0.5, 0.6) is 0 Å². The van der Waals surface area contributed by atoms with Crippen LogP contribution in [0.15, 0.2) is 24.4 Å². The van der Waals surface area contributed by atoms with Crippen LogP contribution in [0, 0.1) is 0 Å². The fraction of sp³-hybridized carbons (Fsp3) is 0.308. The number of carboxylic acids is 1. The standard InChI is InChI=1S/C13H14ClNO2/c1-8(6-12(16)17)9-7-15(2)11-5-3-4-10(14)13(9)11/h3-5,7-8H,6H2,1-2H3,(H,16,17). The second kappa shape index (κ2) is 4.41. The highest BCUT2D eigenvalue weighted by molar-refractivity contribution is 6.35. The van der Waals surface area contributed by atoms with Gasteiger partial charge in [-0.25, -0.2) is 0 Å². The Morgan fingerprint density at radius 2 is 2.24 bits per heavy atom. The van der Waals surface area contributed by atoms with Crippen molar-refractivity contribution in [2.24, 2.45) is 7.05 Å². The summed E-state index contributed by atoms with van der Waals surface area (Å²) in [6.07, 6.45) is 2.08. The zero-order valence-electron chi connectivity index (χ0n) is 9.77. The van der Waals surface area contributed by atoms with Crippen LogP contribution in [0.3, 0.4) is 0 Å². The third-order valence-corrected chi connectivity index (χ3v) is 3.32. The minimum Gasteiger partial charge on any atom is -0.481 e. The summed E-state index contributed by atoms with van der Waals surface area (Å²) in [5.41, 5.74) is 2.03. The van der Waals surface area contributed by atoms with Crippen LogP contribution in [0.2, 0.25) is 5.02 Å². The van der Waals surface area contributed by atoms with Gasteiger partial charge in [0.05, 0.1) is 11.4 Å². The molecule has 90 valence electrons. The van der Waals surface area contributed by atoms with Gasteiger partial charge in [0.15, 0.2) is 0 Å². The van der Waals surface area contributed by atoms with Gasteiger partial charge in [-0.3, -0.25) is 4.79 Å². The fourth-order valence-corrected chi connectivity index (χ4v) is 2.46. The molecule has 2 rings (SSSR count). The molecule has 1 N–H and O–H groups in total. The van der Waals surface area contributed by atoms with Crippen LogP contribution in [0.4, 0.5) is 0 Å². The number of nitrogens with zero attached hydrogens (tertiary/aromatic N) is 1. The number of aliphatic carboxylic acids is 1. The van der Waals surface area contributed by atoms with Crippen molar-refractivity contribution in [2.75, 3.05) is 0 Å². The van der Waals surface area contributed by atoms with Gasteiger partial charge in [-0.15, -0.1) is 0 Å². The second-order valence-electron chi connectivity index (χ2n) is 4.33. The van der Waals surface area contributed by atoms with E-state index in [-0.39, 0.29) is 12.3 Å². The van der Waals surface area contributed by atoms with E-state index in [2.05, 4.69) is 0 Å². The average Bonchev–Trinajstić information content (AvgIpc) is 2.57. The van der Waals surface area contributed by atoms with Gasteiger partial charge in [-0.1, -0.05) is 24.6 Å². The lowest BCUT2D eigenvalue weighted by Crippen LogP contribution is -2.02. The van der Waals surface area contributed by atoms with Gasteiger partial charge in [0.1, 0.15) is 0 Å². The summed E-state index contributed by atoms with van der Waals surface area (Å²) in [5, 5.41) is 10.5. The lowest BCUT2D eigenvalue weighted by molar-refractivity contribution is -0.137. The van der Waals surface area contributed by atoms with Crippen LogP contribution in [-0.2, 0) is 11.8 Å². The van der Waals surface area contributed by atoms with Gasteiger partial charge in [0, 0.05) is 24.1 Å². The van der Waals surface area contributed by atoms with Crippen LogP contribution in [0.1, 0.15) is 24.8 Å². The minimum atomic E-state index is -0.790. The molecular weight excluding hydrogens is 238 g/mol. The maximum absolute atomic E-state index is 10.8. The number of benzene rings is 1. The first-order chi connectivity index (χ1) is 8.00. The first-order valence-corrected chi connectivity index (χ1v) is 5.83. The molecule has 2 aromatic rings. The van der Waals surface area contributed by atoms with E-state index in [1.807, 2.05) is 42.9 Å². The Hall–Kier alpha value is -1.48. The molecule has 3 nitrogen and oxygen atoms in total. The third kappa shape index (κ3) is 2.15. The van der Waals surface area contributed by atoms with Gasteiger partial charge in [0.25, 0.3) is 0 Å². The topological polar surface area (TPSA) is 42.2 Å². The first-order valence-electron chi connectivity index (χ1n) is 5.46. The Balaban J connectivity index is 2.58. The molecule has 0 aliphatic rings. The number of aryl methyl sites for hydroxylation is 1. The summed E-state index contributed by atoms with van der Waals surface area (Å²) in [4.78, 5) is 10.8. The molecule has 0 aliphatic heterocycles. The molecule has 0 fully saturated rings. The number of hydrogen-bond acceptors (Lipinski definition) is 1. The number of rotatable bonds is 3. The summed E-state index contributed by atoms with van der Waals surface area (Å²) < 4.78 is 1.98. The van der Waals surface area contributed by atoms with E-state index in [9.17, 15) is 4.79 Å². The smallest absolute Gasteiger partial charge is 0.303 e. The van der Waals surface area contributed by atoms with E-state index < -0.39 is 5.97 Å². The number of carboxylic acid groups (broad SMARTS) is 1. The Morgan fingerprint density at radius 1 is 1.53 bits per heavy atom. The SMILES string of the molecule is CC(CC(=O)O)c1cn(C)c2cccc(Cl)c12. The molecule has 1 aromatic heterocycles. The third-order valence-electron chi connectivity index (χ3n) is 3.00. The maximum Gasteiger partial charge on any atom is 0.303 e. The largest absolute Gasteiger partial charge is 0.481 e. The molecule has 0 bridgehead atoms. The second-order valence-corrected chi connectivity index (χ2v) is 4.74. The highest BCUT2D eigenvalue weighted by Crippen LogP contribution is 2.33. The Morgan fingerprint density at radius 3 is 2.88 bits per heavy atom. The van der Waals surface area contributed by atoms with E-state index in [0.29, 0.717) is 5.02 Å². The van der Waals surface area contributed by atoms with E-state index in [4.69, 9.17) is 16.7 Å². The molecule has 1 heterocycles.